The molecule has 4 aromatic rings. The van der Waals surface area contributed by atoms with Crippen LogP contribution in [-0.2, 0) is 16.6 Å². The van der Waals surface area contributed by atoms with Crippen molar-refractivity contribution in [1.82, 2.24) is 4.98 Å². The van der Waals surface area contributed by atoms with Crippen LogP contribution in [-0.4, -0.2) is 13.4 Å². The fourth-order valence-electron chi connectivity index (χ4n) is 2.74. The lowest BCUT2D eigenvalue weighted by Gasteiger charge is -2.06. The third kappa shape index (κ3) is 4.64. The van der Waals surface area contributed by atoms with E-state index in [0.717, 1.165) is 0 Å². The standard InChI is InChI=1S/C22H17ClN2O4S/c23-17-11-13-18(14-12-17)28-15-20-24-22(21(29-20)16-7-3-1-4-8-16)25-30(26,27)19-9-5-2-6-10-19/h1-14,25H,15H2. The summed E-state index contributed by atoms with van der Waals surface area (Å²) in [5.74, 6) is 1.23. The van der Waals surface area contributed by atoms with E-state index in [1.807, 2.05) is 30.3 Å². The number of nitrogens with one attached hydrogen (secondary N) is 1. The van der Waals surface area contributed by atoms with Gasteiger partial charge in [0.15, 0.2) is 18.2 Å². The van der Waals surface area contributed by atoms with Gasteiger partial charge < -0.3 is 9.15 Å². The lowest BCUT2D eigenvalue weighted by atomic mass is 10.2. The van der Waals surface area contributed by atoms with Crippen LogP contribution in [0.15, 0.2) is 94.2 Å². The van der Waals surface area contributed by atoms with Crippen LogP contribution in [0.1, 0.15) is 5.89 Å². The minimum absolute atomic E-state index is 0.0224. The van der Waals surface area contributed by atoms with Crippen molar-refractivity contribution < 1.29 is 17.6 Å². The Morgan fingerprint density at radius 2 is 1.53 bits per heavy atom. The number of aromatic nitrogens is 1. The molecule has 152 valence electrons. The third-order valence-electron chi connectivity index (χ3n) is 4.17. The molecular weight excluding hydrogens is 424 g/mol. The van der Waals surface area contributed by atoms with Crippen molar-refractivity contribution in [1.29, 1.82) is 0 Å². The fraction of sp³-hybridized carbons (Fsp3) is 0.0455. The summed E-state index contributed by atoms with van der Waals surface area (Å²) in [5.41, 5.74) is 0.688. The molecule has 0 unspecified atom stereocenters. The summed E-state index contributed by atoms with van der Waals surface area (Å²) in [6, 6.07) is 24.1. The third-order valence-corrected chi connectivity index (χ3v) is 5.77. The molecule has 0 saturated carbocycles. The molecule has 0 radical (unpaired) electrons. The summed E-state index contributed by atoms with van der Waals surface area (Å²) in [4.78, 5) is 4.45. The van der Waals surface area contributed by atoms with Crippen LogP contribution < -0.4 is 9.46 Å². The summed E-state index contributed by atoms with van der Waals surface area (Å²) < 4.78 is 39.6. The van der Waals surface area contributed by atoms with Gasteiger partial charge in [-0.25, -0.2) is 8.42 Å². The number of halogens is 1. The highest BCUT2D eigenvalue weighted by Gasteiger charge is 2.22. The first-order chi connectivity index (χ1) is 14.5. The maximum absolute atomic E-state index is 12.8. The van der Waals surface area contributed by atoms with Crippen molar-refractivity contribution in [2.45, 2.75) is 11.5 Å². The topological polar surface area (TPSA) is 81.4 Å². The van der Waals surface area contributed by atoms with Crippen LogP contribution in [0.2, 0.25) is 5.02 Å². The molecule has 0 aliphatic carbocycles. The van der Waals surface area contributed by atoms with Crippen molar-refractivity contribution in [3.63, 3.8) is 0 Å². The molecule has 4 rings (SSSR count). The molecule has 0 aliphatic heterocycles. The van der Waals surface area contributed by atoms with Crippen LogP contribution in [0, 0.1) is 0 Å². The van der Waals surface area contributed by atoms with Crippen molar-refractivity contribution >= 4 is 27.4 Å². The predicted octanol–water partition coefficient (Wildman–Crippen LogP) is 5.37. The van der Waals surface area contributed by atoms with Crippen molar-refractivity contribution in [2.24, 2.45) is 0 Å². The Labute approximate surface area is 179 Å². The molecule has 1 heterocycles. The number of rotatable bonds is 7. The Kier molecular flexibility index (Phi) is 5.74. The minimum Gasteiger partial charge on any atom is -0.484 e. The summed E-state index contributed by atoms with van der Waals surface area (Å²) in [6.45, 7) is 0.0224. The molecule has 0 bridgehead atoms. The number of hydrogen-bond acceptors (Lipinski definition) is 5. The molecule has 1 N–H and O–H groups in total. The summed E-state index contributed by atoms with van der Waals surface area (Å²) in [7, 11) is -3.83. The second kappa shape index (κ2) is 8.61. The van der Waals surface area contributed by atoms with Crippen LogP contribution in [0.25, 0.3) is 11.3 Å². The first-order valence-corrected chi connectivity index (χ1v) is 10.9. The fourth-order valence-corrected chi connectivity index (χ4v) is 3.89. The molecule has 0 aliphatic rings. The Bertz CT molecular complexity index is 1230. The molecular formula is C22H17ClN2O4S. The molecule has 30 heavy (non-hydrogen) atoms. The zero-order valence-corrected chi connectivity index (χ0v) is 17.2. The van der Waals surface area contributed by atoms with Gasteiger partial charge in [0.25, 0.3) is 10.0 Å². The summed E-state index contributed by atoms with van der Waals surface area (Å²) in [5, 5.41) is 0.599. The molecule has 8 heteroatoms. The van der Waals surface area contributed by atoms with Gasteiger partial charge in [0.2, 0.25) is 5.89 Å². The molecule has 0 fully saturated rings. The van der Waals surface area contributed by atoms with Crippen LogP contribution in [0.5, 0.6) is 5.75 Å². The van der Waals surface area contributed by atoms with Crippen LogP contribution >= 0.6 is 11.6 Å². The zero-order valence-electron chi connectivity index (χ0n) is 15.7. The normalized spacial score (nSPS) is 11.2. The molecule has 1 aromatic heterocycles. The van der Waals surface area contributed by atoms with Gasteiger partial charge in [0.1, 0.15) is 5.75 Å². The van der Waals surface area contributed by atoms with Crippen LogP contribution in [0.4, 0.5) is 5.82 Å². The van der Waals surface area contributed by atoms with E-state index >= 15 is 0 Å². The van der Waals surface area contributed by atoms with Gasteiger partial charge >= 0.3 is 0 Å². The van der Waals surface area contributed by atoms with Gasteiger partial charge in [-0.2, -0.15) is 4.98 Å². The second-order valence-electron chi connectivity index (χ2n) is 6.31. The average molecular weight is 441 g/mol. The van der Waals surface area contributed by atoms with E-state index < -0.39 is 10.0 Å². The number of nitrogens with zero attached hydrogens (tertiary/aromatic N) is 1. The van der Waals surface area contributed by atoms with Crippen molar-refractivity contribution in [3.05, 3.63) is 95.8 Å². The molecule has 0 amide bonds. The zero-order chi connectivity index (χ0) is 21.0. The number of ether oxygens (including phenoxy) is 1. The highest BCUT2D eigenvalue weighted by molar-refractivity contribution is 7.92. The minimum atomic E-state index is -3.83. The maximum atomic E-state index is 12.8. The van der Waals surface area contributed by atoms with E-state index in [-0.39, 0.29) is 23.2 Å². The van der Waals surface area contributed by atoms with Gasteiger partial charge in [-0.1, -0.05) is 60.1 Å². The van der Waals surface area contributed by atoms with Gasteiger partial charge in [-0.15, -0.1) is 0 Å². The summed E-state index contributed by atoms with van der Waals surface area (Å²) in [6.07, 6.45) is 0. The van der Waals surface area contributed by atoms with Gasteiger partial charge in [-0.3, -0.25) is 4.72 Å². The number of benzene rings is 3. The molecule has 0 saturated heterocycles. The highest BCUT2D eigenvalue weighted by Crippen LogP contribution is 2.31. The van der Waals surface area contributed by atoms with Gasteiger partial charge in [0.05, 0.1) is 4.90 Å². The van der Waals surface area contributed by atoms with E-state index in [4.69, 9.17) is 20.8 Å². The molecule has 0 spiro atoms. The number of anilines is 1. The van der Waals surface area contributed by atoms with Crippen LogP contribution in [0.3, 0.4) is 0 Å². The smallest absolute Gasteiger partial charge is 0.263 e. The Morgan fingerprint density at radius 1 is 0.900 bits per heavy atom. The van der Waals surface area contributed by atoms with Crippen molar-refractivity contribution in [3.8, 4) is 17.1 Å². The Hall–Kier alpha value is -3.29. The second-order valence-corrected chi connectivity index (χ2v) is 8.43. The van der Waals surface area contributed by atoms with E-state index in [9.17, 15) is 8.42 Å². The van der Waals surface area contributed by atoms with E-state index in [0.29, 0.717) is 22.1 Å². The summed E-state index contributed by atoms with van der Waals surface area (Å²) >= 11 is 5.88. The van der Waals surface area contributed by atoms with E-state index in [1.165, 1.54) is 12.1 Å². The van der Waals surface area contributed by atoms with Crippen molar-refractivity contribution in [2.75, 3.05) is 4.72 Å². The molecule has 3 aromatic carbocycles. The quantitative estimate of drug-likeness (QED) is 0.417. The van der Waals surface area contributed by atoms with Gasteiger partial charge in [-0.05, 0) is 36.4 Å². The first-order valence-electron chi connectivity index (χ1n) is 9.03. The lowest BCUT2D eigenvalue weighted by molar-refractivity contribution is 0.264. The monoisotopic (exact) mass is 440 g/mol. The largest absolute Gasteiger partial charge is 0.484 e. The maximum Gasteiger partial charge on any atom is 0.263 e. The Balaban J connectivity index is 1.63. The Morgan fingerprint density at radius 3 is 2.20 bits per heavy atom. The molecule has 0 atom stereocenters. The van der Waals surface area contributed by atoms with E-state index in [1.54, 1.807) is 42.5 Å². The van der Waals surface area contributed by atoms with Gasteiger partial charge in [0, 0.05) is 10.6 Å². The number of hydrogen-bond donors (Lipinski definition) is 1. The number of oxazole rings is 1. The molecule has 6 nitrogen and oxygen atoms in total. The number of sulfonamides is 1. The highest BCUT2D eigenvalue weighted by atomic mass is 35.5. The first kappa shape index (κ1) is 20.0. The average Bonchev–Trinajstić information content (AvgIpc) is 3.16. The predicted molar refractivity (Wildman–Crippen MR) is 115 cm³/mol. The van der Waals surface area contributed by atoms with E-state index in [2.05, 4.69) is 9.71 Å². The SMILES string of the molecule is O=S(=O)(Nc1nc(COc2ccc(Cl)cc2)oc1-c1ccccc1)c1ccccc1. The lowest BCUT2D eigenvalue weighted by Crippen LogP contribution is -2.13.